The van der Waals surface area contributed by atoms with Crippen LogP contribution >= 0.6 is 0 Å². The van der Waals surface area contributed by atoms with Crippen LogP contribution in [-0.4, -0.2) is 43.7 Å². The van der Waals surface area contributed by atoms with E-state index in [0.717, 1.165) is 25.7 Å². The van der Waals surface area contributed by atoms with Crippen molar-refractivity contribution in [1.29, 1.82) is 0 Å². The molecule has 0 aromatic heterocycles. The van der Waals surface area contributed by atoms with Gasteiger partial charge in [-0.05, 0) is 46.5 Å². The van der Waals surface area contributed by atoms with Crippen LogP contribution in [0.1, 0.15) is 52.9 Å². The molecule has 0 spiro atoms. The Morgan fingerprint density at radius 1 is 1.10 bits per heavy atom. The first-order valence-electron chi connectivity index (χ1n) is 7.98. The predicted molar refractivity (Wildman–Crippen MR) is 81.1 cm³/mol. The molecule has 0 aromatic rings. The highest BCUT2D eigenvalue weighted by molar-refractivity contribution is 5.78. The molecule has 122 valence electrons. The van der Waals surface area contributed by atoms with E-state index in [-0.39, 0.29) is 29.8 Å². The lowest BCUT2D eigenvalue weighted by Crippen LogP contribution is -2.38. The number of hydrogen-bond acceptors (Lipinski definition) is 4. The summed E-state index contributed by atoms with van der Waals surface area (Å²) < 4.78 is 10.7. The normalized spacial score (nSPS) is 22.3. The van der Waals surface area contributed by atoms with Crippen LogP contribution < -0.4 is 5.32 Å². The van der Waals surface area contributed by atoms with Crippen LogP contribution in [0.3, 0.4) is 0 Å². The molecule has 0 aliphatic heterocycles. The van der Waals surface area contributed by atoms with Crippen molar-refractivity contribution in [2.75, 3.05) is 19.8 Å². The van der Waals surface area contributed by atoms with Gasteiger partial charge in [-0.15, -0.1) is 0 Å². The molecular weight excluding hydrogens is 270 g/mol. The number of rotatable bonds is 9. The zero-order valence-corrected chi connectivity index (χ0v) is 13.5. The van der Waals surface area contributed by atoms with Crippen LogP contribution in [0.15, 0.2) is 0 Å². The third-order valence-electron chi connectivity index (χ3n) is 3.82. The first-order valence-corrected chi connectivity index (χ1v) is 7.98. The zero-order chi connectivity index (χ0) is 15.7. The SMILES string of the molecule is CC(=O)[C@H]1CC[C@@H](NC(=O)CCOCCOC(C)C)CC1. The molecule has 1 fully saturated rings. The van der Waals surface area contributed by atoms with Gasteiger partial charge in [-0.2, -0.15) is 0 Å². The summed E-state index contributed by atoms with van der Waals surface area (Å²) in [5, 5.41) is 3.03. The van der Waals surface area contributed by atoms with Crippen molar-refractivity contribution in [2.45, 2.75) is 65.0 Å². The number of carbonyl (C=O) groups is 2. The molecule has 1 saturated carbocycles. The molecule has 5 nitrogen and oxygen atoms in total. The van der Waals surface area contributed by atoms with Crippen LogP contribution in [0.5, 0.6) is 0 Å². The van der Waals surface area contributed by atoms with Gasteiger partial charge in [-0.3, -0.25) is 9.59 Å². The second-order valence-corrected chi connectivity index (χ2v) is 6.01. The largest absolute Gasteiger partial charge is 0.379 e. The number of Topliss-reactive ketones (excluding diaryl/α,β-unsaturated/α-hetero) is 1. The molecule has 1 aliphatic carbocycles. The molecule has 0 aromatic carbocycles. The van der Waals surface area contributed by atoms with Gasteiger partial charge in [0.15, 0.2) is 0 Å². The van der Waals surface area contributed by atoms with Crippen molar-refractivity contribution in [3.8, 4) is 0 Å². The second kappa shape index (κ2) is 9.90. The van der Waals surface area contributed by atoms with Gasteiger partial charge in [0.2, 0.25) is 5.91 Å². The highest BCUT2D eigenvalue weighted by atomic mass is 16.5. The molecule has 21 heavy (non-hydrogen) atoms. The minimum atomic E-state index is 0.0334. The molecule has 1 amide bonds. The average Bonchev–Trinajstić information content (AvgIpc) is 2.43. The van der Waals surface area contributed by atoms with E-state index in [4.69, 9.17) is 9.47 Å². The molecule has 0 bridgehead atoms. The van der Waals surface area contributed by atoms with Crippen LogP contribution in [-0.2, 0) is 19.1 Å². The molecule has 5 heteroatoms. The van der Waals surface area contributed by atoms with Gasteiger partial charge in [-0.1, -0.05) is 0 Å². The highest BCUT2D eigenvalue weighted by Gasteiger charge is 2.24. The van der Waals surface area contributed by atoms with Gasteiger partial charge in [-0.25, -0.2) is 0 Å². The fourth-order valence-electron chi connectivity index (χ4n) is 2.55. The number of carbonyl (C=O) groups excluding carboxylic acids is 2. The second-order valence-electron chi connectivity index (χ2n) is 6.01. The lowest BCUT2D eigenvalue weighted by Gasteiger charge is -2.27. The third-order valence-corrected chi connectivity index (χ3v) is 3.82. The Labute approximate surface area is 127 Å². The topological polar surface area (TPSA) is 64.6 Å². The molecule has 0 heterocycles. The molecule has 0 unspecified atom stereocenters. The fraction of sp³-hybridized carbons (Fsp3) is 0.875. The van der Waals surface area contributed by atoms with Crippen LogP contribution in [0.2, 0.25) is 0 Å². The molecule has 0 radical (unpaired) electrons. The van der Waals surface area contributed by atoms with E-state index >= 15 is 0 Å². The van der Waals surface area contributed by atoms with Crippen molar-refractivity contribution in [3.05, 3.63) is 0 Å². The summed E-state index contributed by atoms with van der Waals surface area (Å²) in [6.45, 7) is 7.13. The van der Waals surface area contributed by atoms with E-state index in [9.17, 15) is 9.59 Å². The minimum absolute atomic E-state index is 0.0334. The van der Waals surface area contributed by atoms with Gasteiger partial charge < -0.3 is 14.8 Å². The third kappa shape index (κ3) is 8.17. The molecular formula is C16H29NO4. The van der Waals surface area contributed by atoms with Crippen molar-refractivity contribution in [1.82, 2.24) is 5.32 Å². The Morgan fingerprint density at radius 3 is 2.33 bits per heavy atom. The Kier molecular flexibility index (Phi) is 8.54. The Hall–Kier alpha value is -0.940. The van der Waals surface area contributed by atoms with Gasteiger partial charge in [0, 0.05) is 18.4 Å². The fourth-order valence-corrected chi connectivity index (χ4v) is 2.55. The van der Waals surface area contributed by atoms with Gasteiger partial charge in [0.25, 0.3) is 0 Å². The number of ketones is 1. The molecule has 0 saturated heterocycles. The molecule has 1 rings (SSSR count). The van der Waals surface area contributed by atoms with Crippen LogP contribution in [0, 0.1) is 5.92 Å². The first-order chi connectivity index (χ1) is 9.99. The summed E-state index contributed by atoms with van der Waals surface area (Å²) >= 11 is 0. The number of hydrogen-bond donors (Lipinski definition) is 1. The summed E-state index contributed by atoms with van der Waals surface area (Å²) in [6, 6.07) is 0.220. The van der Waals surface area contributed by atoms with E-state index in [1.54, 1.807) is 6.92 Å². The first kappa shape index (κ1) is 18.1. The van der Waals surface area contributed by atoms with E-state index in [2.05, 4.69) is 5.32 Å². The lowest BCUT2D eigenvalue weighted by molar-refractivity contribution is -0.123. The van der Waals surface area contributed by atoms with Gasteiger partial charge in [0.05, 0.1) is 25.9 Å². The number of nitrogens with one attached hydrogen (secondary N) is 1. The monoisotopic (exact) mass is 299 g/mol. The van der Waals surface area contributed by atoms with Crippen molar-refractivity contribution < 1.29 is 19.1 Å². The molecule has 0 atom stereocenters. The minimum Gasteiger partial charge on any atom is -0.379 e. The number of ether oxygens (including phenoxy) is 2. The summed E-state index contributed by atoms with van der Waals surface area (Å²) in [5.74, 6) is 0.505. The lowest BCUT2D eigenvalue weighted by atomic mass is 9.84. The predicted octanol–water partition coefficient (Wildman–Crippen LogP) is 2.08. The maximum absolute atomic E-state index is 11.8. The Balaban J connectivity index is 2.03. The highest BCUT2D eigenvalue weighted by Crippen LogP contribution is 2.24. The van der Waals surface area contributed by atoms with Gasteiger partial charge in [0.1, 0.15) is 5.78 Å². The quantitative estimate of drug-likeness (QED) is 0.662. The van der Waals surface area contributed by atoms with E-state index < -0.39 is 0 Å². The summed E-state index contributed by atoms with van der Waals surface area (Å²) in [6.07, 6.45) is 4.18. The van der Waals surface area contributed by atoms with Crippen molar-refractivity contribution >= 4 is 11.7 Å². The Morgan fingerprint density at radius 2 is 1.76 bits per heavy atom. The van der Waals surface area contributed by atoms with Crippen molar-refractivity contribution in [2.24, 2.45) is 5.92 Å². The standard InChI is InChI=1S/C16H29NO4/c1-12(2)21-11-10-20-9-8-16(19)17-15-6-4-14(5-7-15)13(3)18/h12,14-15H,4-11H2,1-3H3,(H,17,19)/t14-,15+. The summed E-state index contributed by atoms with van der Waals surface area (Å²) in [7, 11) is 0. The zero-order valence-electron chi connectivity index (χ0n) is 13.5. The summed E-state index contributed by atoms with van der Waals surface area (Å²) in [4.78, 5) is 23.1. The van der Waals surface area contributed by atoms with E-state index in [0.29, 0.717) is 26.2 Å². The average molecular weight is 299 g/mol. The maximum atomic E-state index is 11.8. The van der Waals surface area contributed by atoms with E-state index in [1.807, 2.05) is 13.8 Å². The summed E-state index contributed by atoms with van der Waals surface area (Å²) in [5.41, 5.74) is 0. The van der Waals surface area contributed by atoms with Gasteiger partial charge >= 0.3 is 0 Å². The molecule has 1 aliphatic rings. The van der Waals surface area contributed by atoms with Crippen LogP contribution in [0.25, 0.3) is 0 Å². The Bertz CT molecular complexity index is 322. The molecule has 1 N–H and O–H groups in total. The van der Waals surface area contributed by atoms with Crippen molar-refractivity contribution in [3.63, 3.8) is 0 Å². The maximum Gasteiger partial charge on any atom is 0.222 e. The van der Waals surface area contributed by atoms with E-state index in [1.165, 1.54) is 0 Å². The smallest absolute Gasteiger partial charge is 0.222 e. The van der Waals surface area contributed by atoms with Crippen LogP contribution in [0.4, 0.5) is 0 Å². The number of amides is 1.